The number of halogens is 4. The Morgan fingerprint density at radius 1 is 1.31 bits per heavy atom. The summed E-state index contributed by atoms with van der Waals surface area (Å²) in [7, 11) is 0. The van der Waals surface area contributed by atoms with Gasteiger partial charge < -0.3 is 0 Å². The Labute approximate surface area is 104 Å². The van der Waals surface area contributed by atoms with E-state index in [9.17, 15) is 18.0 Å². The first kappa shape index (κ1) is 11.9. The highest BCUT2D eigenvalue weighted by Crippen LogP contribution is 2.38. The van der Waals surface area contributed by atoms with Crippen molar-refractivity contribution >= 4 is 28.4 Å². The second-order valence-electron chi connectivity index (χ2n) is 3.79. The van der Waals surface area contributed by atoms with E-state index >= 15 is 0 Å². The fourth-order valence-electron chi connectivity index (χ4n) is 1.72. The Kier molecular flexibility index (Phi) is 2.98. The molecule has 1 aliphatic rings. The van der Waals surface area contributed by atoms with Crippen molar-refractivity contribution in [1.82, 2.24) is 0 Å². The molecule has 1 saturated carbocycles. The summed E-state index contributed by atoms with van der Waals surface area (Å²) in [5.41, 5.74) is 0.0669. The predicted molar refractivity (Wildman–Crippen MR) is 61.1 cm³/mol. The molecule has 0 N–H and O–H groups in total. The first-order valence-corrected chi connectivity index (χ1v) is 5.87. The van der Waals surface area contributed by atoms with Crippen molar-refractivity contribution in [2.24, 2.45) is 0 Å². The summed E-state index contributed by atoms with van der Waals surface area (Å²) in [4.78, 5) is 11.2. The summed E-state index contributed by atoms with van der Waals surface area (Å²) >= 11 is 1.86. The molecular weight excluding hydrogens is 332 g/mol. The van der Waals surface area contributed by atoms with Crippen LogP contribution in [0.1, 0.15) is 29.9 Å². The molecule has 16 heavy (non-hydrogen) atoms. The molecule has 86 valence electrons. The van der Waals surface area contributed by atoms with Crippen LogP contribution in [0, 0.1) is 3.57 Å². The van der Waals surface area contributed by atoms with E-state index in [0.29, 0.717) is 9.99 Å². The van der Waals surface area contributed by atoms with Crippen LogP contribution in [0.5, 0.6) is 0 Å². The molecular formula is C11H8F3IO. The summed E-state index contributed by atoms with van der Waals surface area (Å²) in [5.74, 6) is -0.0631. The maximum atomic E-state index is 12.4. The molecule has 1 aromatic rings. The first-order chi connectivity index (χ1) is 7.39. The van der Waals surface area contributed by atoms with Crippen LogP contribution in [-0.4, -0.2) is 5.78 Å². The number of hydrogen-bond donors (Lipinski definition) is 0. The molecule has 0 heterocycles. The number of alkyl halides is 3. The molecule has 0 bridgehead atoms. The van der Waals surface area contributed by atoms with Crippen LogP contribution in [0.3, 0.4) is 0 Å². The van der Waals surface area contributed by atoms with Gasteiger partial charge in [0.15, 0.2) is 0 Å². The quantitative estimate of drug-likeness (QED) is 0.712. The average Bonchev–Trinajstić information content (AvgIpc) is 2.17. The molecule has 2 rings (SSSR count). The van der Waals surface area contributed by atoms with Gasteiger partial charge in [0.2, 0.25) is 0 Å². The minimum Gasteiger partial charge on any atom is -0.299 e. The highest BCUT2D eigenvalue weighted by Gasteiger charge is 2.34. The van der Waals surface area contributed by atoms with Crippen molar-refractivity contribution in [3.63, 3.8) is 0 Å². The molecule has 0 spiro atoms. The van der Waals surface area contributed by atoms with Crippen molar-refractivity contribution in [3.8, 4) is 0 Å². The van der Waals surface area contributed by atoms with Crippen LogP contribution in [0.2, 0.25) is 0 Å². The van der Waals surface area contributed by atoms with Crippen LogP contribution in [0.15, 0.2) is 18.2 Å². The smallest absolute Gasteiger partial charge is 0.299 e. The maximum absolute atomic E-state index is 12.4. The molecule has 1 aliphatic carbocycles. The highest BCUT2D eigenvalue weighted by atomic mass is 127. The Bertz CT molecular complexity index is 439. The van der Waals surface area contributed by atoms with Crippen molar-refractivity contribution in [3.05, 3.63) is 32.9 Å². The van der Waals surface area contributed by atoms with Gasteiger partial charge in [0, 0.05) is 15.9 Å². The topological polar surface area (TPSA) is 17.1 Å². The minimum absolute atomic E-state index is 0.123. The van der Waals surface area contributed by atoms with Crippen molar-refractivity contribution in [1.29, 1.82) is 0 Å². The summed E-state index contributed by atoms with van der Waals surface area (Å²) < 4.78 is 37.7. The summed E-state index contributed by atoms with van der Waals surface area (Å²) in [5, 5.41) is 0. The number of hydrogen-bond acceptors (Lipinski definition) is 1. The van der Waals surface area contributed by atoms with E-state index in [2.05, 4.69) is 0 Å². The van der Waals surface area contributed by atoms with E-state index in [1.165, 1.54) is 6.07 Å². The molecule has 0 amide bonds. The van der Waals surface area contributed by atoms with Crippen molar-refractivity contribution in [2.45, 2.75) is 24.9 Å². The van der Waals surface area contributed by atoms with Gasteiger partial charge in [-0.05, 0) is 46.7 Å². The molecule has 5 heteroatoms. The fourth-order valence-corrected chi connectivity index (χ4v) is 2.61. The van der Waals surface area contributed by atoms with Crippen LogP contribution >= 0.6 is 22.6 Å². The molecule has 1 nitrogen and oxygen atoms in total. The van der Waals surface area contributed by atoms with Crippen LogP contribution < -0.4 is 0 Å². The Morgan fingerprint density at radius 3 is 2.38 bits per heavy atom. The molecule has 1 atom stereocenters. The lowest BCUT2D eigenvalue weighted by atomic mass is 9.78. The van der Waals surface area contributed by atoms with E-state index in [4.69, 9.17) is 0 Å². The molecule has 1 unspecified atom stereocenters. The standard InChI is InChI=1S/C11H8F3IO/c12-11(13,14)6-1-2-7(9(15)5-6)8-3-4-10(8)16/h1-2,5,8H,3-4H2. The second kappa shape index (κ2) is 4.01. The molecule has 0 aromatic heterocycles. The van der Waals surface area contributed by atoms with E-state index in [1.807, 2.05) is 22.6 Å². The van der Waals surface area contributed by atoms with Gasteiger partial charge in [-0.3, -0.25) is 4.79 Å². The van der Waals surface area contributed by atoms with Gasteiger partial charge in [0.25, 0.3) is 0 Å². The molecule has 0 aliphatic heterocycles. The predicted octanol–water partition coefficient (Wildman–Crippen LogP) is 3.76. The lowest BCUT2D eigenvalue weighted by Crippen LogP contribution is -2.24. The number of carbonyl (C=O) groups is 1. The highest BCUT2D eigenvalue weighted by molar-refractivity contribution is 14.1. The van der Waals surface area contributed by atoms with E-state index in [1.54, 1.807) is 0 Å². The third kappa shape index (κ3) is 2.09. The van der Waals surface area contributed by atoms with E-state index < -0.39 is 11.7 Å². The lowest BCUT2D eigenvalue weighted by Gasteiger charge is -2.25. The third-order valence-corrected chi connectivity index (χ3v) is 3.71. The maximum Gasteiger partial charge on any atom is 0.416 e. The molecule has 1 aromatic carbocycles. The van der Waals surface area contributed by atoms with Gasteiger partial charge in [-0.1, -0.05) is 6.07 Å². The third-order valence-electron chi connectivity index (χ3n) is 2.77. The number of rotatable bonds is 1. The van der Waals surface area contributed by atoms with Gasteiger partial charge in [-0.2, -0.15) is 13.2 Å². The summed E-state index contributed by atoms with van der Waals surface area (Å²) in [6.45, 7) is 0. The Balaban J connectivity index is 2.34. The second-order valence-corrected chi connectivity index (χ2v) is 4.95. The first-order valence-electron chi connectivity index (χ1n) is 4.79. The monoisotopic (exact) mass is 340 g/mol. The Hall–Kier alpha value is -0.590. The number of ketones is 1. The van der Waals surface area contributed by atoms with Crippen molar-refractivity contribution < 1.29 is 18.0 Å². The summed E-state index contributed by atoms with van der Waals surface area (Å²) in [6.07, 6.45) is -3.02. The van der Waals surface area contributed by atoms with Crippen molar-refractivity contribution in [2.75, 3.05) is 0 Å². The zero-order valence-corrected chi connectivity index (χ0v) is 10.3. The average molecular weight is 340 g/mol. The zero-order valence-electron chi connectivity index (χ0n) is 8.14. The van der Waals surface area contributed by atoms with E-state index in [0.717, 1.165) is 24.1 Å². The summed E-state index contributed by atoms with van der Waals surface area (Å²) in [6, 6.07) is 3.57. The minimum atomic E-state index is -4.32. The van der Waals surface area contributed by atoms with Gasteiger partial charge in [-0.25, -0.2) is 0 Å². The molecule has 0 saturated heterocycles. The number of carbonyl (C=O) groups excluding carboxylic acids is 1. The Morgan fingerprint density at radius 2 is 2.00 bits per heavy atom. The van der Waals surface area contributed by atoms with Crippen LogP contribution in [-0.2, 0) is 11.0 Å². The molecule has 0 radical (unpaired) electrons. The van der Waals surface area contributed by atoms with Gasteiger partial charge in [-0.15, -0.1) is 0 Å². The number of benzene rings is 1. The van der Waals surface area contributed by atoms with Gasteiger partial charge in [0.05, 0.1) is 5.56 Å². The van der Waals surface area contributed by atoms with Gasteiger partial charge >= 0.3 is 6.18 Å². The van der Waals surface area contributed by atoms with E-state index in [-0.39, 0.29) is 11.7 Å². The zero-order chi connectivity index (χ0) is 11.9. The van der Waals surface area contributed by atoms with Crippen LogP contribution in [0.25, 0.3) is 0 Å². The van der Waals surface area contributed by atoms with Crippen LogP contribution in [0.4, 0.5) is 13.2 Å². The number of Topliss-reactive ketones (excluding diaryl/α,β-unsaturated/α-hetero) is 1. The normalized spacial score (nSPS) is 20.8. The lowest BCUT2D eigenvalue weighted by molar-refractivity contribution is -0.137. The molecule has 1 fully saturated rings. The van der Waals surface area contributed by atoms with Gasteiger partial charge in [0.1, 0.15) is 5.78 Å². The largest absolute Gasteiger partial charge is 0.416 e. The fraction of sp³-hybridized carbons (Fsp3) is 0.364. The SMILES string of the molecule is O=C1CCC1c1ccc(C(F)(F)F)cc1I.